The zero-order valence-corrected chi connectivity index (χ0v) is 10.5. The number of hydrogen-bond acceptors (Lipinski definition) is 5. The summed E-state index contributed by atoms with van der Waals surface area (Å²) < 4.78 is 28.1. The van der Waals surface area contributed by atoms with Crippen molar-refractivity contribution in [2.75, 3.05) is 13.2 Å². The van der Waals surface area contributed by atoms with E-state index in [0.29, 0.717) is 6.42 Å². The largest absolute Gasteiger partial charge is 0.391 e. The first-order valence-corrected chi connectivity index (χ1v) is 6.71. The Balaban J connectivity index is 2.66. The lowest BCUT2D eigenvalue weighted by Gasteiger charge is -2.10. The van der Waals surface area contributed by atoms with Crippen LogP contribution >= 0.6 is 0 Å². The highest BCUT2D eigenvalue weighted by Crippen LogP contribution is 2.13. The van der Waals surface area contributed by atoms with Crippen molar-refractivity contribution in [2.24, 2.45) is 5.73 Å². The van der Waals surface area contributed by atoms with Gasteiger partial charge in [-0.15, -0.1) is 0 Å². The Morgan fingerprint density at radius 3 is 2.47 bits per heavy atom. The molecule has 0 aliphatic heterocycles. The van der Waals surface area contributed by atoms with Gasteiger partial charge in [-0.2, -0.15) is 8.42 Å². The molecule has 1 atom stereocenters. The lowest BCUT2D eigenvalue weighted by Crippen LogP contribution is -2.21. The van der Waals surface area contributed by atoms with Crippen LogP contribution in [0.25, 0.3) is 0 Å². The third-order valence-corrected chi connectivity index (χ3v) is 3.52. The Labute approximate surface area is 101 Å². The maximum absolute atomic E-state index is 11.7. The average molecular weight is 259 g/mol. The van der Waals surface area contributed by atoms with Crippen LogP contribution in [-0.4, -0.2) is 32.8 Å². The van der Waals surface area contributed by atoms with Crippen molar-refractivity contribution >= 4 is 10.1 Å². The number of hydrogen-bond donors (Lipinski definition) is 2. The van der Waals surface area contributed by atoms with Gasteiger partial charge in [-0.25, -0.2) is 0 Å². The van der Waals surface area contributed by atoms with Gasteiger partial charge in [0.1, 0.15) is 0 Å². The summed E-state index contributed by atoms with van der Waals surface area (Å²) in [6.07, 6.45) is -0.552. The molecule has 1 aromatic carbocycles. The number of aliphatic hydroxyl groups is 1. The maximum atomic E-state index is 11.7. The van der Waals surface area contributed by atoms with Crippen molar-refractivity contribution in [1.29, 1.82) is 0 Å². The van der Waals surface area contributed by atoms with Crippen LogP contribution in [0, 0.1) is 6.92 Å². The van der Waals surface area contributed by atoms with E-state index in [4.69, 9.17) is 9.92 Å². The van der Waals surface area contributed by atoms with E-state index in [-0.39, 0.29) is 18.0 Å². The van der Waals surface area contributed by atoms with Crippen molar-refractivity contribution < 1.29 is 17.7 Å². The van der Waals surface area contributed by atoms with E-state index in [9.17, 15) is 13.5 Å². The van der Waals surface area contributed by atoms with Gasteiger partial charge in [0.25, 0.3) is 10.1 Å². The zero-order chi connectivity index (χ0) is 12.9. The molecule has 3 N–H and O–H groups in total. The second-order valence-corrected chi connectivity index (χ2v) is 5.40. The Bertz CT molecular complexity index is 441. The second-order valence-electron chi connectivity index (χ2n) is 3.78. The highest BCUT2D eigenvalue weighted by molar-refractivity contribution is 7.86. The van der Waals surface area contributed by atoms with Crippen molar-refractivity contribution in [1.82, 2.24) is 0 Å². The van der Waals surface area contributed by atoms with Gasteiger partial charge in [0.05, 0.1) is 17.6 Å². The molecule has 0 saturated heterocycles. The van der Waals surface area contributed by atoms with Gasteiger partial charge >= 0.3 is 0 Å². The van der Waals surface area contributed by atoms with Crippen molar-refractivity contribution in [3.8, 4) is 0 Å². The van der Waals surface area contributed by atoms with Crippen LogP contribution in [0.1, 0.15) is 12.0 Å². The molecule has 0 fully saturated rings. The van der Waals surface area contributed by atoms with Crippen LogP contribution in [0.2, 0.25) is 0 Å². The molecule has 5 nitrogen and oxygen atoms in total. The summed E-state index contributed by atoms with van der Waals surface area (Å²) in [4.78, 5) is 0.0862. The van der Waals surface area contributed by atoms with E-state index in [1.165, 1.54) is 12.1 Å². The summed E-state index contributed by atoms with van der Waals surface area (Å²) in [5, 5.41) is 9.33. The molecule has 0 heterocycles. The van der Waals surface area contributed by atoms with Gasteiger partial charge in [-0.1, -0.05) is 17.7 Å². The lowest BCUT2D eigenvalue weighted by atomic mass is 10.2. The predicted octanol–water partition coefficient (Wildman–Crippen LogP) is 0.410. The SMILES string of the molecule is Cc1ccc(S(=O)(=O)OC[C@H](O)CCN)cc1. The van der Waals surface area contributed by atoms with Gasteiger partial charge in [-0.05, 0) is 32.0 Å². The number of aryl methyl sites for hydroxylation is 1. The molecule has 1 rings (SSSR count). The fourth-order valence-corrected chi connectivity index (χ4v) is 2.16. The van der Waals surface area contributed by atoms with Crippen LogP contribution in [0.5, 0.6) is 0 Å². The van der Waals surface area contributed by atoms with Gasteiger partial charge in [0.15, 0.2) is 0 Å². The number of aliphatic hydroxyl groups excluding tert-OH is 1. The molecule has 0 spiro atoms. The molecule has 0 saturated carbocycles. The molecule has 17 heavy (non-hydrogen) atoms. The summed E-state index contributed by atoms with van der Waals surface area (Å²) in [6, 6.07) is 6.32. The molecule has 0 unspecified atom stereocenters. The van der Waals surface area contributed by atoms with Crippen LogP contribution in [0.4, 0.5) is 0 Å². The van der Waals surface area contributed by atoms with Crippen LogP contribution in [0.15, 0.2) is 29.2 Å². The van der Waals surface area contributed by atoms with E-state index in [0.717, 1.165) is 5.56 Å². The molecule has 0 bridgehead atoms. The fourth-order valence-electron chi connectivity index (χ4n) is 1.22. The Kier molecular flexibility index (Phi) is 5.07. The molecule has 0 amide bonds. The Morgan fingerprint density at radius 2 is 1.94 bits per heavy atom. The number of rotatable bonds is 6. The summed E-state index contributed by atoms with van der Waals surface area (Å²) in [5.74, 6) is 0. The number of nitrogens with two attached hydrogens (primary N) is 1. The van der Waals surface area contributed by atoms with E-state index in [1.807, 2.05) is 6.92 Å². The summed E-state index contributed by atoms with van der Waals surface area (Å²) in [5.41, 5.74) is 6.20. The summed E-state index contributed by atoms with van der Waals surface area (Å²) >= 11 is 0. The lowest BCUT2D eigenvalue weighted by molar-refractivity contribution is 0.105. The fraction of sp³-hybridized carbons (Fsp3) is 0.455. The summed E-state index contributed by atoms with van der Waals surface area (Å²) in [7, 11) is -3.79. The number of benzene rings is 1. The van der Waals surface area contributed by atoms with E-state index in [1.54, 1.807) is 12.1 Å². The highest BCUT2D eigenvalue weighted by Gasteiger charge is 2.16. The summed E-state index contributed by atoms with van der Waals surface area (Å²) in [6.45, 7) is 1.88. The van der Waals surface area contributed by atoms with Crippen molar-refractivity contribution in [2.45, 2.75) is 24.3 Å². The monoisotopic (exact) mass is 259 g/mol. The Hall–Kier alpha value is -0.950. The third kappa shape index (κ3) is 4.43. The van der Waals surface area contributed by atoms with Gasteiger partial charge < -0.3 is 10.8 Å². The minimum atomic E-state index is -3.79. The van der Waals surface area contributed by atoms with Crippen molar-refractivity contribution in [3.05, 3.63) is 29.8 Å². The quantitative estimate of drug-likeness (QED) is 0.722. The van der Waals surface area contributed by atoms with Crippen LogP contribution in [-0.2, 0) is 14.3 Å². The van der Waals surface area contributed by atoms with Crippen molar-refractivity contribution in [3.63, 3.8) is 0 Å². The molecule has 0 aliphatic rings. The normalized spacial score (nSPS) is 13.6. The predicted molar refractivity (Wildman–Crippen MR) is 64.0 cm³/mol. The van der Waals surface area contributed by atoms with Gasteiger partial charge in [-0.3, -0.25) is 4.18 Å². The second kappa shape index (κ2) is 6.11. The average Bonchev–Trinajstić information content (AvgIpc) is 2.28. The standard InChI is InChI=1S/C11H17NO4S/c1-9-2-4-11(5-3-9)17(14,15)16-8-10(13)6-7-12/h2-5,10,13H,6-8,12H2,1H3/t10-/m1/s1. The van der Waals surface area contributed by atoms with Gasteiger partial charge in [0.2, 0.25) is 0 Å². The van der Waals surface area contributed by atoms with Crippen LogP contribution < -0.4 is 5.73 Å². The molecule has 6 heteroatoms. The first-order chi connectivity index (χ1) is 7.95. The third-order valence-electron chi connectivity index (χ3n) is 2.23. The first kappa shape index (κ1) is 14.1. The maximum Gasteiger partial charge on any atom is 0.297 e. The first-order valence-electron chi connectivity index (χ1n) is 5.30. The van der Waals surface area contributed by atoms with E-state index >= 15 is 0 Å². The molecule has 0 radical (unpaired) electrons. The van der Waals surface area contributed by atoms with Gasteiger partial charge in [0, 0.05) is 0 Å². The zero-order valence-electron chi connectivity index (χ0n) is 9.67. The van der Waals surface area contributed by atoms with E-state index in [2.05, 4.69) is 0 Å². The molecular formula is C11H17NO4S. The molecule has 0 aliphatic carbocycles. The smallest absolute Gasteiger partial charge is 0.297 e. The highest BCUT2D eigenvalue weighted by atomic mass is 32.2. The van der Waals surface area contributed by atoms with E-state index < -0.39 is 16.2 Å². The van der Waals surface area contributed by atoms with Crippen LogP contribution in [0.3, 0.4) is 0 Å². The Morgan fingerprint density at radius 1 is 1.35 bits per heavy atom. The molecule has 1 aromatic rings. The molecule has 96 valence electrons. The molecule has 0 aromatic heterocycles. The minimum absolute atomic E-state index is 0.0862. The minimum Gasteiger partial charge on any atom is -0.391 e. The molecular weight excluding hydrogens is 242 g/mol. The topological polar surface area (TPSA) is 89.6 Å².